The number of hydrogen-bond donors (Lipinski definition) is 4. The Labute approximate surface area is 150 Å². The molecule has 1 heterocycles. The van der Waals surface area contributed by atoms with E-state index in [9.17, 15) is 18.8 Å². The van der Waals surface area contributed by atoms with Gasteiger partial charge < -0.3 is 22.1 Å². The van der Waals surface area contributed by atoms with Crippen molar-refractivity contribution in [3.63, 3.8) is 0 Å². The number of carbonyl (C=O) groups excluding carboxylic acids is 3. The van der Waals surface area contributed by atoms with Crippen molar-refractivity contribution in [1.82, 2.24) is 15.6 Å². The number of aromatic nitrogens is 1. The first-order valence-corrected chi connectivity index (χ1v) is 8.08. The van der Waals surface area contributed by atoms with E-state index in [1.807, 2.05) is 0 Å². The average molecular weight is 386 g/mol. The fourth-order valence-electron chi connectivity index (χ4n) is 1.78. The summed E-state index contributed by atoms with van der Waals surface area (Å²) >= 11 is 6.92. The zero-order valence-electron chi connectivity index (χ0n) is 12.6. The van der Waals surface area contributed by atoms with Gasteiger partial charge in [-0.15, -0.1) is 11.3 Å². The molecule has 0 aliphatic carbocycles. The number of hydrogen-bond acceptors (Lipinski definition) is 6. The molecule has 0 aliphatic heterocycles. The van der Waals surface area contributed by atoms with Crippen LogP contribution in [-0.4, -0.2) is 22.7 Å². The number of rotatable bonds is 5. The lowest BCUT2D eigenvalue weighted by Gasteiger charge is -2.08. The maximum atomic E-state index is 13.2. The molecule has 0 fully saturated rings. The largest absolute Gasteiger partial charge is 0.397 e. The van der Waals surface area contributed by atoms with Crippen LogP contribution >= 0.6 is 22.9 Å². The van der Waals surface area contributed by atoms with Gasteiger partial charge in [0.2, 0.25) is 0 Å². The van der Waals surface area contributed by atoms with Crippen molar-refractivity contribution in [2.45, 2.75) is 13.1 Å². The number of carbonyl (C=O) groups is 3. The van der Waals surface area contributed by atoms with Crippen LogP contribution in [0.1, 0.15) is 21.1 Å². The van der Waals surface area contributed by atoms with Crippen LogP contribution in [0.5, 0.6) is 0 Å². The second kappa shape index (κ2) is 7.90. The first kappa shape index (κ1) is 18.6. The first-order valence-electron chi connectivity index (χ1n) is 6.82. The molecule has 0 bridgehead atoms. The number of halogens is 2. The molecule has 2 rings (SSSR count). The Morgan fingerprint density at radius 2 is 1.96 bits per heavy atom. The van der Waals surface area contributed by atoms with Crippen LogP contribution in [-0.2, 0) is 22.7 Å². The van der Waals surface area contributed by atoms with Crippen molar-refractivity contribution < 1.29 is 18.8 Å². The van der Waals surface area contributed by atoms with E-state index >= 15 is 0 Å². The molecule has 8 nitrogen and oxygen atoms in total. The number of nitrogen functional groups attached to an aromatic ring is 1. The zero-order chi connectivity index (χ0) is 18.6. The molecule has 0 spiro atoms. The van der Waals surface area contributed by atoms with Gasteiger partial charge in [-0.25, -0.2) is 9.37 Å². The monoisotopic (exact) mass is 385 g/mol. The van der Waals surface area contributed by atoms with Gasteiger partial charge in [0.05, 0.1) is 35.1 Å². The van der Waals surface area contributed by atoms with Crippen LogP contribution in [0, 0.1) is 5.82 Å². The van der Waals surface area contributed by atoms with Gasteiger partial charge in [-0.1, -0.05) is 11.6 Å². The minimum absolute atomic E-state index is 0.0345. The summed E-state index contributed by atoms with van der Waals surface area (Å²) in [4.78, 5) is 38.0. The predicted octanol–water partition coefficient (Wildman–Crippen LogP) is 0.549. The molecule has 25 heavy (non-hydrogen) atoms. The van der Waals surface area contributed by atoms with Gasteiger partial charge >= 0.3 is 11.8 Å². The Morgan fingerprint density at radius 3 is 2.64 bits per heavy atom. The van der Waals surface area contributed by atoms with E-state index in [0.717, 1.165) is 6.07 Å². The number of nitrogens with two attached hydrogens (primary N) is 2. The number of nitrogens with zero attached hydrogens (tertiary/aromatic N) is 1. The molecular weight excluding hydrogens is 373 g/mol. The first-order chi connectivity index (χ1) is 11.8. The molecule has 1 aromatic carbocycles. The summed E-state index contributed by atoms with van der Waals surface area (Å²) < 4.78 is 13.2. The molecule has 3 amide bonds. The number of benzene rings is 1. The van der Waals surface area contributed by atoms with Crippen molar-refractivity contribution >= 4 is 46.3 Å². The maximum Gasteiger partial charge on any atom is 0.309 e. The Balaban J connectivity index is 1.94. The fourth-order valence-corrected chi connectivity index (χ4v) is 2.68. The number of thiazole rings is 1. The molecule has 0 saturated carbocycles. The average Bonchev–Trinajstić information content (AvgIpc) is 3.03. The van der Waals surface area contributed by atoms with Crippen LogP contribution in [0.25, 0.3) is 0 Å². The fraction of sp³-hybridized carbons (Fsp3) is 0.143. The van der Waals surface area contributed by atoms with E-state index < -0.39 is 23.5 Å². The molecule has 0 unspecified atom stereocenters. The van der Waals surface area contributed by atoms with Crippen molar-refractivity contribution in [2.24, 2.45) is 5.73 Å². The van der Waals surface area contributed by atoms with Crippen molar-refractivity contribution in [2.75, 3.05) is 5.73 Å². The number of anilines is 1. The molecule has 0 saturated heterocycles. The molecular formula is C14H13ClFN5O3S. The lowest BCUT2D eigenvalue weighted by molar-refractivity contribution is -0.137. The van der Waals surface area contributed by atoms with Crippen LogP contribution in [0.15, 0.2) is 17.5 Å². The summed E-state index contributed by atoms with van der Waals surface area (Å²) in [6.45, 7) is 0.133. The zero-order valence-corrected chi connectivity index (χ0v) is 14.2. The predicted molar refractivity (Wildman–Crippen MR) is 90.1 cm³/mol. The van der Waals surface area contributed by atoms with Gasteiger partial charge in [0, 0.05) is 5.38 Å². The van der Waals surface area contributed by atoms with Gasteiger partial charge in [0.25, 0.3) is 5.91 Å². The van der Waals surface area contributed by atoms with Gasteiger partial charge in [0.1, 0.15) is 10.8 Å². The second-order valence-corrected chi connectivity index (χ2v) is 6.11. The van der Waals surface area contributed by atoms with Crippen LogP contribution in [0.3, 0.4) is 0 Å². The quantitative estimate of drug-likeness (QED) is 0.439. The third-order valence-electron chi connectivity index (χ3n) is 3.03. The van der Waals surface area contributed by atoms with Crippen molar-refractivity contribution in [3.8, 4) is 0 Å². The molecule has 1 aromatic heterocycles. The molecule has 0 aliphatic rings. The lowest BCUT2D eigenvalue weighted by atomic mass is 10.1. The molecule has 11 heteroatoms. The van der Waals surface area contributed by atoms with Gasteiger partial charge in [-0.2, -0.15) is 0 Å². The summed E-state index contributed by atoms with van der Waals surface area (Å²) in [6.07, 6.45) is 0. The van der Waals surface area contributed by atoms with Gasteiger partial charge in [0.15, 0.2) is 0 Å². The smallest absolute Gasteiger partial charge is 0.309 e. The normalized spacial score (nSPS) is 10.3. The van der Waals surface area contributed by atoms with E-state index in [-0.39, 0.29) is 29.4 Å². The van der Waals surface area contributed by atoms with Crippen molar-refractivity contribution in [3.05, 3.63) is 44.6 Å². The van der Waals surface area contributed by atoms with E-state index in [1.54, 1.807) is 5.38 Å². The summed E-state index contributed by atoms with van der Waals surface area (Å²) in [5.74, 6) is -3.23. The summed E-state index contributed by atoms with van der Waals surface area (Å²) in [6, 6.07) is 2.29. The topological polar surface area (TPSA) is 140 Å². The van der Waals surface area contributed by atoms with E-state index in [2.05, 4.69) is 15.6 Å². The van der Waals surface area contributed by atoms with E-state index in [4.69, 9.17) is 23.1 Å². The Morgan fingerprint density at radius 1 is 1.24 bits per heavy atom. The van der Waals surface area contributed by atoms with Crippen LogP contribution in [0.2, 0.25) is 5.02 Å². The van der Waals surface area contributed by atoms with Crippen molar-refractivity contribution in [1.29, 1.82) is 0 Å². The standard InChI is InChI=1S/C14H13ClFN5O3S/c15-10-8(16)2-1-7(11(10)17)13(23)20-4-9-21-6(5-25-9)3-19-14(24)12(18)22/h1-2,5H,3-4,17H2,(H2,18,22)(H,19,24)(H,20,23). The van der Waals surface area contributed by atoms with Gasteiger partial charge in [-0.05, 0) is 12.1 Å². The third-order valence-corrected chi connectivity index (χ3v) is 4.31. The molecule has 2 aromatic rings. The summed E-state index contributed by atoms with van der Waals surface area (Å²) in [7, 11) is 0. The third kappa shape index (κ3) is 4.64. The summed E-state index contributed by atoms with van der Waals surface area (Å²) in [5, 5.41) is 6.79. The second-order valence-electron chi connectivity index (χ2n) is 4.78. The number of primary amides is 1. The van der Waals surface area contributed by atoms with E-state index in [1.165, 1.54) is 17.4 Å². The summed E-state index contributed by atoms with van der Waals surface area (Å²) in [5.41, 5.74) is 10.9. The molecule has 0 radical (unpaired) electrons. The Bertz CT molecular complexity index is 842. The highest BCUT2D eigenvalue weighted by Crippen LogP contribution is 2.26. The highest BCUT2D eigenvalue weighted by molar-refractivity contribution is 7.09. The number of nitrogens with one attached hydrogen (secondary N) is 2. The minimum atomic E-state index is -1.08. The SMILES string of the molecule is NC(=O)C(=O)NCc1csc(CNC(=O)c2ccc(F)c(Cl)c2N)n1. The molecule has 0 atom stereocenters. The van der Waals surface area contributed by atoms with E-state index in [0.29, 0.717) is 10.7 Å². The van der Waals surface area contributed by atoms with Crippen LogP contribution in [0.4, 0.5) is 10.1 Å². The van der Waals surface area contributed by atoms with Gasteiger partial charge in [-0.3, -0.25) is 14.4 Å². The van der Waals surface area contributed by atoms with Crippen LogP contribution < -0.4 is 22.1 Å². The molecule has 132 valence electrons. The lowest BCUT2D eigenvalue weighted by Crippen LogP contribution is -2.35. The Kier molecular flexibility index (Phi) is 5.88. The highest BCUT2D eigenvalue weighted by Gasteiger charge is 2.15. The highest BCUT2D eigenvalue weighted by atomic mass is 35.5. The maximum absolute atomic E-state index is 13.2. The molecule has 6 N–H and O–H groups in total. The minimum Gasteiger partial charge on any atom is -0.397 e. The Hall–Kier alpha value is -2.72. The number of amides is 3.